The average Bonchev–Trinajstić information content (AvgIpc) is 2.78. The number of methoxy groups -OCH3 is 1. The van der Waals surface area contributed by atoms with Crippen molar-refractivity contribution in [1.82, 2.24) is 5.32 Å². The number of rotatable bonds is 7. The van der Waals surface area contributed by atoms with Crippen LogP contribution >= 0.6 is 0 Å². The van der Waals surface area contributed by atoms with E-state index in [1.54, 1.807) is 31.2 Å². The smallest absolute Gasteiger partial charge is 0.416 e. The molecule has 2 atom stereocenters. The number of carbonyl (C=O) groups excluding carboxylic acids is 2. The highest BCUT2D eigenvalue weighted by molar-refractivity contribution is 7.92. The molecule has 34 heavy (non-hydrogen) atoms. The number of alkyl halides is 3. The zero-order valence-corrected chi connectivity index (χ0v) is 18.9. The van der Waals surface area contributed by atoms with Crippen molar-refractivity contribution >= 4 is 27.5 Å². The van der Waals surface area contributed by atoms with Crippen LogP contribution in [0.15, 0.2) is 58.4 Å². The maximum atomic E-state index is 13.1. The molecule has 0 radical (unpaired) electrons. The second-order valence-corrected chi connectivity index (χ2v) is 9.31. The van der Waals surface area contributed by atoms with Gasteiger partial charge in [0.2, 0.25) is 0 Å². The molecule has 8 nitrogen and oxygen atoms in total. The first-order valence-corrected chi connectivity index (χ1v) is 11.7. The van der Waals surface area contributed by atoms with Crippen molar-refractivity contribution in [1.29, 1.82) is 0 Å². The topological polar surface area (TPSA) is 111 Å². The van der Waals surface area contributed by atoms with Gasteiger partial charge in [-0.15, -0.1) is 0 Å². The third-order valence-electron chi connectivity index (χ3n) is 5.07. The Morgan fingerprint density at radius 1 is 1.15 bits per heavy atom. The lowest BCUT2D eigenvalue weighted by molar-refractivity contribution is -0.146. The Kier molecular flexibility index (Phi) is 7.29. The Balaban J connectivity index is 2.04. The Hall–Kier alpha value is -3.41. The molecule has 2 aromatic rings. The van der Waals surface area contributed by atoms with E-state index < -0.39 is 56.2 Å². The van der Waals surface area contributed by atoms with Crippen LogP contribution in [-0.2, 0) is 25.5 Å². The second-order valence-electron chi connectivity index (χ2n) is 7.32. The Labute approximate surface area is 193 Å². The summed E-state index contributed by atoms with van der Waals surface area (Å²) >= 11 is 0. The van der Waals surface area contributed by atoms with Crippen molar-refractivity contribution in [2.75, 3.05) is 19.5 Å². The van der Waals surface area contributed by atoms with Gasteiger partial charge in [0, 0.05) is 0 Å². The van der Waals surface area contributed by atoms with E-state index in [9.17, 15) is 31.2 Å². The van der Waals surface area contributed by atoms with Crippen LogP contribution in [0, 0.1) is 5.92 Å². The summed E-state index contributed by atoms with van der Waals surface area (Å²) < 4.78 is 75.5. The lowest BCUT2D eigenvalue weighted by atomic mass is 9.88. The van der Waals surface area contributed by atoms with Gasteiger partial charge in [-0.25, -0.2) is 18.2 Å². The molecule has 0 saturated heterocycles. The average molecular weight is 498 g/mol. The van der Waals surface area contributed by atoms with Crippen molar-refractivity contribution in [3.8, 4) is 5.75 Å². The summed E-state index contributed by atoms with van der Waals surface area (Å²) in [6, 6.07) is 7.69. The normalized spacial score (nSPS) is 18.6. The van der Waals surface area contributed by atoms with E-state index >= 15 is 0 Å². The Bertz CT molecular complexity index is 1230. The van der Waals surface area contributed by atoms with Crippen molar-refractivity contribution in [2.24, 2.45) is 10.9 Å². The van der Waals surface area contributed by atoms with Gasteiger partial charge in [0.1, 0.15) is 11.7 Å². The molecule has 0 saturated carbocycles. The number of aliphatic imine (C=N–C) groups is 1. The fraction of sp³-hybridized carbons (Fsp3) is 0.318. The standard InChI is InChI=1S/C22H21F3N2O6S/c1-3-33-20(28)18-17(12-34(30,31)16-9-5-7-14(11-16)22(23,24)25)26-21(29)27-19(18)13-6-4-8-15(10-13)32-2/h4-11,18-19H,3,12H2,1-2H3,(H,27,29). The molecule has 1 aliphatic rings. The van der Waals surface area contributed by atoms with Crippen molar-refractivity contribution < 1.29 is 40.7 Å². The fourth-order valence-corrected chi connectivity index (χ4v) is 4.91. The van der Waals surface area contributed by atoms with Crippen LogP contribution in [0.2, 0.25) is 0 Å². The first-order valence-electron chi connectivity index (χ1n) is 10.0. The van der Waals surface area contributed by atoms with Crippen molar-refractivity contribution in [2.45, 2.75) is 24.0 Å². The Morgan fingerprint density at radius 2 is 1.85 bits per heavy atom. The van der Waals surface area contributed by atoms with Crippen LogP contribution in [0.5, 0.6) is 5.75 Å². The minimum absolute atomic E-state index is 0.0260. The van der Waals surface area contributed by atoms with Crippen molar-refractivity contribution in [3.05, 3.63) is 59.7 Å². The number of sulfone groups is 1. The maximum absolute atomic E-state index is 13.1. The number of halogens is 3. The highest BCUT2D eigenvalue weighted by Gasteiger charge is 2.42. The molecule has 0 bridgehead atoms. The molecule has 0 aliphatic carbocycles. The van der Waals surface area contributed by atoms with E-state index in [-0.39, 0.29) is 12.3 Å². The predicted molar refractivity (Wildman–Crippen MR) is 115 cm³/mol. The van der Waals surface area contributed by atoms with E-state index in [0.717, 1.165) is 18.2 Å². The largest absolute Gasteiger partial charge is 0.497 e. The lowest BCUT2D eigenvalue weighted by Crippen LogP contribution is -2.47. The fourth-order valence-electron chi connectivity index (χ4n) is 3.52. The third-order valence-corrected chi connectivity index (χ3v) is 6.72. The number of hydrogen-bond acceptors (Lipinski definition) is 6. The number of amides is 2. The van der Waals surface area contributed by atoms with Gasteiger partial charge in [0.15, 0.2) is 9.84 Å². The van der Waals surface area contributed by atoms with E-state index in [0.29, 0.717) is 17.4 Å². The van der Waals surface area contributed by atoms with Gasteiger partial charge < -0.3 is 14.8 Å². The van der Waals surface area contributed by atoms with Crippen LogP contribution in [-0.4, -0.2) is 45.6 Å². The maximum Gasteiger partial charge on any atom is 0.416 e. The van der Waals surface area contributed by atoms with Crippen LogP contribution in [0.25, 0.3) is 0 Å². The van der Waals surface area contributed by atoms with E-state index in [1.165, 1.54) is 7.11 Å². The molecule has 0 fully saturated rings. The van der Waals surface area contributed by atoms with E-state index in [4.69, 9.17) is 9.47 Å². The van der Waals surface area contributed by atoms with Gasteiger partial charge in [-0.05, 0) is 42.8 Å². The molecule has 2 unspecified atom stereocenters. The summed E-state index contributed by atoms with van der Waals surface area (Å²) in [6.07, 6.45) is -4.75. The van der Waals surface area contributed by atoms with Crippen LogP contribution < -0.4 is 10.1 Å². The summed E-state index contributed by atoms with van der Waals surface area (Å²) in [4.78, 5) is 28.2. The number of ether oxygens (including phenoxy) is 2. The van der Waals surface area contributed by atoms with Gasteiger partial charge in [0.25, 0.3) is 0 Å². The second kappa shape index (κ2) is 9.84. The number of nitrogens with zero attached hydrogens (tertiary/aromatic N) is 1. The molecule has 12 heteroatoms. The molecule has 0 aromatic heterocycles. The molecule has 182 valence electrons. The molecular weight excluding hydrogens is 477 g/mol. The zero-order chi connectivity index (χ0) is 25.1. The summed E-state index contributed by atoms with van der Waals surface area (Å²) in [5.41, 5.74) is -1.06. The van der Waals surface area contributed by atoms with Gasteiger partial charge in [0.05, 0.1) is 41.7 Å². The summed E-state index contributed by atoms with van der Waals surface area (Å²) in [7, 11) is -2.98. The van der Waals surface area contributed by atoms with E-state index in [2.05, 4.69) is 10.3 Å². The number of benzene rings is 2. The summed E-state index contributed by atoms with van der Waals surface area (Å²) in [5.74, 6) is -2.69. The number of carbonyl (C=O) groups is 2. The Morgan fingerprint density at radius 3 is 2.50 bits per heavy atom. The van der Waals surface area contributed by atoms with Gasteiger partial charge >= 0.3 is 18.2 Å². The molecule has 1 aliphatic heterocycles. The summed E-state index contributed by atoms with van der Waals surface area (Å²) in [5, 5.41) is 2.53. The van der Waals surface area contributed by atoms with Crippen LogP contribution in [0.1, 0.15) is 24.1 Å². The van der Waals surface area contributed by atoms with Crippen LogP contribution in [0.4, 0.5) is 18.0 Å². The highest BCUT2D eigenvalue weighted by atomic mass is 32.2. The molecule has 0 spiro atoms. The molecule has 2 amide bonds. The molecule has 2 aromatic carbocycles. The highest BCUT2D eigenvalue weighted by Crippen LogP contribution is 2.33. The molecular formula is C22H21F3N2O6S. The molecule has 1 heterocycles. The third kappa shape index (κ3) is 5.56. The zero-order valence-electron chi connectivity index (χ0n) is 18.1. The minimum atomic E-state index is -4.75. The number of esters is 1. The minimum Gasteiger partial charge on any atom is -0.497 e. The first kappa shape index (κ1) is 25.2. The van der Waals surface area contributed by atoms with Crippen molar-refractivity contribution in [3.63, 3.8) is 0 Å². The number of urea groups is 1. The number of hydrogen-bond donors (Lipinski definition) is 1. The monoisotopic (exact) mass is 498 g/mol. The van der Waals surface area contributed by atoms with Crippen LogP contribution in [0.3, 0.4) is 0 Å². The van der Waals surface area contributed by atoms with Gasteiger partial charge in [-0.1, -0.05) is 18.2 Å². The molecule has 1 N–H and O–H groups in total. The van der Waals surface area contributed by atoms with Gasteiger partial charge in [-0.2, -0.15) is 13.2 Å². The SMILES string of the molecule is CCOC(=O)C1C(CS(=O)(=O)c2cccc(C(F)(F)F)c2)=NC(=O)NC1c1cccc(OC)c1. The first-order chi connectivity index (χ1) is 16.0. The number of nitrogens with one attached hydrogen (secondary N) is 1. The van der Waals surface area contributed by atoms with E-state index in [1.807, 2.05) is 0 Å². The summed E-state index contributed by atoms with van der Waals surface area (Å²) in [6.45, 7) is 1.53. The predicted octanol–water partition coefficient (Wildman–Crippen LogP) is 3.57. The quantitative estimate of drug-likeness (QED) is 0.585. The molecule has 3 rings (SSSR count). The lowest BCUT2D eigenvalue weighted by Gasteiger charge is -2.31. The van der Waals surface area contributed by atoms with Gasteiger partial charge in [-0.3, -0.25) is 4.79 Å².